The Morgan fingerprint density at radius 1 is 1.19 bits per heavy atom. The fraction of sp³-hybridized carbons (Fsp3) is 0.263. The number of hydrogen-bond donors (Lipinski definition) is 1. The van der Waals surface area contributed by atoms with E-state index >= 15 is 0 Å². The lowest BCUT2D eigenvalue weighted by atomic mass is 10.1. The molecular formula is C19H20N4O3. The molecular weight excluding hydrogens is 332 g/mol. The van der Waals surface area contributed by atoms with Crippen molar-refractivity contribution >= 4 is 29.4 Å². The van der Waals surface area contributed by atoms with Crippen LogP contribution in [0.5, 0.6) is 0 Å². The minimum Gasteiger partial charge on any atom is -0.378 e. The van der Waals surface area contributed by atoms with Crippen LogP contribution in [0.1, 0.15) is 22.8 Å². The fourth-order valence-corrected chi connectivity index (χ4v) is 2.57. The van der Waals surface area contributed by atoms with Crippen molar-refractivity contribution in [3.63, 3.8) is 0 Å². The maximum atomic E-state index is 12.3. The van der Waals surface area contributed by atoms with Crippen LogP contribution in [0.3, 0.4) is 0 Å². The Morgan fingerprint density at radius 2 is 1.92 bits per heavy atom. The van der Waals surface area contributed by atoms with Gasteiger partial charge in [-0.05, 0) is 24.3 Å². The van der Waals surface area contributed by atoms with Gasteiger partial charge in [0.15, 0.2) is 5.78 Å². The van der Waals surface area contributed by atoms with Crippen LogP contribution in [0.2, 0.25) is 0 Å². The monoisotopic (exact) mass is 352 g/mol. The van der Waals surface area contributed by atoms with Crippen LogP contribution in [0.25, 0.3) is 6.08 Å². The summed E-state index contributed by atoms with van der Waals surface area (Å²) in [6, 6.07) is 6.81. The van der Waals surface area contributed by atoms with E-state index in [9.17, 15) is 9.59 Å². The third-order valence-electron chi connectivity index (χ3n) is 3.85. The van der Waals surface area contributed by atoms with Crippen molar-refractivity contribution in [2.75, 3.05) is 36.5 Å². The highest BCUT2D eigenvalue weighted by molar-refractivity contribution is 6.07. The summed E-state index contributed by atoms with van der Waals surface area (Å²) in [5, 5.41) is 2.66. The van der Waals surface area contributed by atoms with Gasteiger partial charge in [0.05, 0.1) is 13.2 Å². The Kier molecular flexibility index (Phi) is 5.70. The van der Waals surface area contributed by atoms with E-state index in [4.69, 9.17) is 4.74 Å². The number of morpholine rings is 1. The van der Waals surface area contributed by atoms with Crippen LogP contribution in [-0.2, 0) is 9.53 Å². The molecule has 1 aromatic heterocycles. The number of benzene rings is 1. The summed E-state index contributed by atoms with van der Waals surface area (Å²) in [5.41, 5.74) is 1.83. The lowest BCUT2D eigenvalue weighted by Gasteiger charge is -2.26. The number of carbonyl (C=O) groups excluding carboxylic acids is 2. The van der Waals surface area contributed by atoms with Gasteiger partial charge < -0.3 is 15.0 Å². The minimum absolute atomic E-state index is 0.158. The molecule has 2 heterocycles. The van der Waals surface area contributed by atoms with Crippen molar-refractivity contribution in [2.24, 2.45) is 0 Å². The SMILES string of the molecule is CC(=O)Nc1cccc(C(=O)/C=C/c2cnc(N3CCOCC3)nc2)c1. The van der Waals surface area contributed by atoms with E-state index in [1.165, 1.54) is 13.0 Å². The number of allylic oxidation sites excluding steroid dienone is 1. The molecule has 7 nitrogen and oxygen atoms in total. The first-order chi connectivity index (χ1) is 12.6. The predicted molar refractivity (Wildman–Crippen MR) is 99.2 cm³/mol. The van der Waals surface area contributed by atoms with Gasteiger partial charge in [0.25, 0.3) is 0 Å². The normalized spacial score (nSPS) is 14.4. The summed E-state index contributed by atoms with van der Waals surface area (Å²) in [7, 11) is 0. The molecule has 7 heteroatoms. The molecule has 0 aliphatic carbocycles. The average molecular weight is 352 g/mol. The van der Waals surface area contributed by atoms with E-state index in [1.54, 1.807) is 42.7 Å². The maximum Gasteiger partial charge on any atom is 0.225 e. The summed E-state index contributed by atoms with van der Waals surface area (Å²) >= 11 is 0. The molecule has 2 aromatic rings. The van der Waals surface area contributed by atoms with Crippen LogP contribution in [0.4, 0.5) is 11.6 Å². The first-order valence-corrected chi connectivity index (χ1v) is 8.36. The van der Waals surface area contributed by atoms with Crippen molar-refractivity contribution in [1.29, 1.82) is 0 Å². The fourth-order valence-electron chi connectivity index (χ4n) is 2.57. The quantitative estimate of drug-likeness (QED) is 0.656. The molecule has 0 unspecified atom stereocenters. The number of carbonyl (C=O) groups is 2. The Morgan fingerprint density at radius 3 is 2.62 bits per heavy atom. The average Bonchev–Trinajstić information content (AvgIpc) is 2.67. The lowest BCUT2D eigenvalue weighted by Crippen LogP contribution is -2.37. The van der Waals surface area contributed by atoms with Gasteiger partial charge in [-0.1, -0.05) is 12.1 Å². The molecule has 134 valence electrons. The van der Waals surface area contributed by atoms with Crippen LogP contribution in [-0.4, -0.2) is 48.0 Å². The number of nitrogens with zero attached hydrogens (tertiary/aromatic N) is 3. The summed E-state index contributed by atoms with van der Waals surface area (Å²) in [4.78, 5) is 34.2. The summed E-state index contributed by atoms with van der Waals surface area (Å²) in [6.45, 7) is 4.33. The third-order valence-corrected chi connectivity index (χ3v) is 3.85. The zero-order chi connectivity index (χ0) is 18.4. The minimum atomic E-state index is -0.178. The van der Waals surface area contributed by atoms with Gasteiger partial charge in [0, 0.05) is 49.2 Å². The highest BCUT2D eigenvalue weighted by atomic mass is 16.5. The zero-order valence-electron chi connectivity index (χ0n) is 14.5. The van der Waals surface area contributed by atoms with E-state index in [1.807, 2.05) is 0 Å². The van der Waals surface area contributed by atoms with Crippen molar-refractivity contribution in [3.8, 4) is 0 Å². The molecule has 0 spiro atoms. The highest BCUT2D eigenvalue weighted by Gasteiger charge is 2.13. The topological polar surface area (TPSA) is 84.4 Å². The lowest BCUT2D eigenvalue weighted by molar-refractivity contribution is -0.114. The van der Waals surface area contributed by atoms with Gasteiger partial charge >= 0.3 is 0 Å². The molecule has 0 atom stereocenters. The summed E-state index contributed by atoms with van der Waals surface area (Å²) in [5.74, 6) is 0.330. The standard InChI is InChI=1S/C19H20N4O3/c1-14(24)22-17-4-2-3-16(11-17)18(25)6-5-15-12-20-19(21-13-15)23-7-9-26-10-8-23/h2-6,11-13H,7-10H2,1H3,(H,22,24)/b6-5+. The second-order valence-electron chi connectivity index (χ2n) is 5.88. The van der Waals surface area contributed by atoms with E-state index < -0.39 is 0 Å². The molecule has 3 rings (SSSR count). The van der Waals surface area contributed by atoms with Crippen molar-refractivity contribution in [3.05, 3.63) is 53.9 Å². The Balaban J connectivity index is 1.65. The number of rotatable bonds is 5. The highest BCUT2D eigenvalue weighted by Crippen LogP contribution is 2.13. The molecule has 1 amide bonds. The number of ketones is 1. The Labute approximate surface area is 151 Å². The number of ether oxygens (including phenoxy) is 1. The van der Waals surface area contributed by atoms with Gasteiger partial charge in [0.2, 0.25) is 11.9 Å². The van der Waals surface area contributed by atoms with Crippen LogP contribution in [0, 0.1) is 0 Å². The third kappa shape index (κ3) is 4.73. The van der Waals surface area contributed by atoms with Crippen molar-refractivity contribution < 1.29 is 14.3 Å². The maximum absolute atomic E-state index is 12.3. The second kappa shape index (κ2) is 8.35. The van der Waals surface area contributed by atoms with Gasteiger partial charge in [-0.15, -0.1) is 0 Å². The number of hydrogen-bond acceptors (Lipinski definition) is 6. The van der Waals surface area contributed by atoms with Crippen LogP contribution < -0.4 is 10.2 Å². The number of amides is 1. The molecule has 1 saturated heterocycles. The number of anilines is 2. The van der Waals surface area contributed by atoms with E-state index in [0.29, 0.717) is 30.4 Å². The smallest absolute Gasteiger partial charge is 0.225 e. The summed E-state index contributed by atoms with van der Waals surface area (Å²) < 4.78 is 5.31. The van der Waals surface area contributed by atoms with Crippen molar-refractivity contribution in [2.45, 2.75) is 6.92 Å². The van der Waals surface area contributed by atoms with Gasteiger partial charge in [-0.25, -0.2) is 9.97 Å². The van der Waals surface area contributed by atoms with Gasteiger partial charge in [0.1, 0.15) is 0 Å². The van der Waals surface area contributed by atoms with Gasteiger partial charge in [-0.2, -0.15) is 0 Å². The Bertz CT molecular complexity index is 812. The van der Waals surface area contributed by atoms with Crippen LogP contribution >= 0.6 is 0 Å². The van der Waals surface area contributed by atoms with E-state index in [0.717, 1.165) is 18.7 Å². The second-order valence-corrected chi connectivity index (χ2v) is 5.88. The largest absolute Gasteiger partial charge is 0.378 e. The summed E-state index contributed by atoms with van der Waals surface area (Å²) in [6.07, 6.45) is 6.53. The van der Waals surface area contributed by atoms with Crippen LogP contribution in [0.15, 0.2) is 42.7 Å². The number of aromatic nitrogens is 2. The first kappa shape index (κ1) is 17.8. The molecule has 26 heavy (non-hydrogen) atoms. The number of nitrogens with one attached hydrogen (secondary N) is 1. The molecule has 0 saturated carbocycles. The molecule has 1 N–H and O–H groups in total. The predicted octanol–water partition coefficient (Wildman–Crippen LogP) is 2.17. The molecule has 1 aliphatic heterocycles. The van der Waals surface area contributed by atoms with Crippen molar-refractivity contribution in [1.82, 2.24) is 9.97 Å². The molecule has 0 bridgehead atoms. The molecule has 1 aliphatic rings. The Hall–Kier alpha value is -3.06. The first-order valence-electron chi connectivity index (χ1n) is 8.36. The van der Waals surface area contributed by atoms with E-state index in [-0.39, 0.29) is 11.7 Å². The van der Waals surface area contributed by atoms with E-state index in [2.05, 4.69) is 20.2 Å². The molecule has 1 aromatic carbocycles. The molecule has 0 radical (unpaired) electrons. The zero-order valence-corrected chi connectivity index (χ0v) is 14.5. The molecule has 1 fully saturated rings. The van der Waals surface area contributed by atoms with Gasteiger partial charge in [-0.3, -0.25) is 9.59 Å².